The number of carbonyl (C=O) groups excluding carboxylic acids is 1. The molecule has 0 amide bonds. The molecule has 0 aromatic heterocycles. The fraction of sp³-hybridized carbons (Fsp3) is 0.929. The molecule has 1 nitrogen and oxygen atoms in total. The number of rotatable bonds is 11. The van der Waals surface area contributed by atoms with E-state index >= 15 is 0 Å². The highest BCUT2D eigenvalue weighted by molar-refractivity contribution is 5.78. The Morgan fingerprint density at radius 1 is 0.607 bits per heavy atom. The average Bonchev–Trinajstić information content (AvgIpc) is 2.51. The third-order valence-corrected chi connectivity index (χ3v) is 3.78. The van der Waals surface area contributed by atoms with Gasteiger partial charge in [0.05, 0.1) is 0 Å². The summed E-state index contributed by atoms with van der Waals surface area (Å²) in [6.07, 6.45) is -10.7. The summed E-state index contributed by atoms with van der Waals surface area (Å²) < 4.78 is 167. The molecule has 0 aliphatic carbocycles. The maximum absolute atomic E-state index is 13.4. The lowest BCUT2D eigenvalue weighted by molar-refractivity contribution is -0.440. The monoisotopic (exact) mass is 446 g/mol. The maximum atomic E-state index is 13.4. The molecule has 0 heterocycles. The minimum absolute atomic E-state index is 0.128. The molecule has 0 N–H and O–H groups in total. The van der Waals surface area contributed by atoms with E-state index in [0.717, 1.165) is 0 Å². The molecule has 0 aromatic carbocycles. The highest BCUT2D eigenvalue weighted by Gasteiger charge is 2.90. The van der Waals surface area contributed by atoms with Gasteiger partial charge in [-0.1, -0.05) is 19.8 Å². The van der Waals surface area contributed by atoms with Gasteiger partial charge in [0.25, 0.3) is 0 Å². The summed E-state index contributed by atoms with van der Waals surface area (Å²) in [5.74, 6) is -38.1. The molecule has 0 saturated carbocycles. The van der Waals surface area contributed by atoms with Crippen molar-refractivity contribution in [1.29, 1.82) is 0 Å². The van der Waals surface area contributed by atoms with Crippen LogP contribution >= 0.6 is 0 Å². The second-order valence-electron chi connectivity index (χ2n) is 6.00. The van der Waals surface area contributed by atoms with Crippen LogP contribution in [0.25, 0.3) is 0 Å². The minimum atomic E-state index is -7.91. The topological polar surface area (TPSA) is 17.1 Å². The number of unbranched alkanes of at least 4 members (excludes halogenated alkanes) is 2. The summed E-state index contributed by atoms with van der Waals surface area (Å²) in [4.78, 5) is 11.2. The van der Waals surface area contributed by atoms with Gasteiger partial charge in [-0.3, -0.25) is 4.79 Å². The van der Waals surface area contributed by atoms with Crippen molar-refractivity contribution in [1.82, 2.24) is 0 Å². The van der Waals surface area contributed by atoms with Crippen LogP contribution in [0, 0.1) is 0 Å². The zero-order valence-corrected chi connectivity index (χ0v) is 14.1. The summed E-state index contributed by atoms with van der Waals surface area (Å²) >= 11 is 0. The fourth-order valence-electron chi connectivity index (χ4n) is 1.95. The summed E-state index contributed by atoms with van der Waals surface area (Å²) in [6, 6.07) is 0. The van der Waals surface area contributed by atoms with E-state index in [2.05, 4.69) is 0 Å². The van der Waals surface area contributed by atoms with Crippen LogP contribution < -0.4 is 0 Å². The molecular weight excluding hydrogens is 431 g/mol. The SMILES string of the molecule is CCCCCC(=O)CCC(F)(F)C(F)(F)C(F)(F)C(F)(F)C(F)(F)C(F)(F)F. The largest absolute Gasteiger partial charge is 0.460 e. The number of carbonyl (C=O) groups is 1. The lowest BCUT2D eigenvalue weighted by Crippen LogP contribution is -2.70. The molecule has 0 spiro atoms. The molecule has 0 bridgehead atoms. The van der Waals surface area contributed by atoms with Crippen molar-refractivity contribution in [3.05, 3.63) is 0 Å². The molecule has 0 fully saturated rings. The van der Waals surface area contributed by atoms with Gasteiger partial charge < -0.3 is 0 Å². The van der Waals surface area contributed by atoms with E-state index in [1.54, 1.807) is 6.92 Å². The predicted molar refractivity (Wildman–Crippen MR) is 69.2 cm³/mol. The molecule has 0 atom stereocenters. The van der Waals surface area contributed by atoms with Gasteiger partial charge in [0.1, 0.15) is 5.78 Å². The maximum Gasteiger partial charge on any atom is 0.460 e. The molecule has 0 aliphatic rings. The van der Waals surface area contributed by atoms with Crippen LogP contribution in [0.1, 0.15) is 45.4 Å². The Labute approximate surface area is 150 Å². The van der Waals surface area contributed by atoms with Crippen LogP contribution in [0.3, 0.4) is 0 Å². The first-order valence-electron chi connectivity index (χ1n) is 7.68. The van der Waals surface area contributed by atoms with Crippen molar-refractivity contribution in [3.8, 4) is 0 Å². The Morgan fingerprint density at radius 2 is 1.04 bits per heavy atom. The third kappa shape index (κ3) is 4.66. The smallest absolute Gasteiger partial charge is 0.300 e. The quantitative estimate of drug-likeness (QED) is 0.257. The van der Waals surface area contributed by atoms with E-state index in [-0.39, 0.29) is 6.42 Å². The van der Waals surface area contributed by atoms with Crippen molar-refractivity contribution in [2.24, 2.45) is 0 Å². The lowest BCUT2D eigenvalue weighted by atomic mass is 9.91. The lowest BCUT2D eigenvalue weighted by Gasteiger charge is -2.39. The van der Waals surface area contributed by atoms with Gasteiger partial charge in [-0.2, -0.15) is 57.1 Å². The van der Waals surface area contributed by atoms with E-state index in [1.807, 2.05) is 0 Å². The summed E-state index contributed by atoms with van der Waals surface area (Å²) in [5.41, 5.74) is 0. The average molecular weight is 446 g/mol. The summed E-state index contributed by atoms with van der Waals surface area (Å²) in [6.45, 7) is 1.68. The second kappa shape index (κ2) is 8.25. The Bertz CT molecular complexity index is 536. The molecule has 0 aromatic rings. The van der Waals surface area contributed by atoms with Gasteiger partial charge in [-0.15, -0.1) is 0 Å². The van der Waals surface area contributed by atoms with Crippen molar-refractivity contribution in [2.45, 2.75) is 81.2 Å². The van der Waals surface area contributed by atoms with E-state index < -0.39 is 60.8 Å². The normalized spacial score (nSPS) is 15.1. The molecular formula is C14H15F13O. The molecule has 14 heteroatoms. The van der Waals surface area contributed by atoms with Gasteiger partial charge in [0.2, 0.25) is 0 Å². The third-order valence-electron chi connectivity index (χ3n) is 3.78. The van der Waals surface area contributed by atoms with Gasteiger partial charge in [-0.05, 0) is 6.42 Å². The van der Waals surface area contributed by atoms with E-state index in [9.17, 15) is 61.9 Å². The van der Waals surface area contributed by atoms with Gasteiger partial charge in [0, 0.05) is 19.3 Å². The predicted octanol–water partition coefficient (Wildman–Crippen LogP) is 6.65. The zero-order valence-electron chi connectivity index (χ0n) is 14.1. The van der Waals surface area contributed by atoms with Crippen molar-refractivity contribution < 1.29 is 61.9 Å². The van der Waals surface area contributed by atoms with Crippen LogP contribution in [0.5, 0.6) is 0 Å². The minimum Gasteiger partial charge on any atom is -0.300 e. The first kappa shape index (κ1) is 26.8. The summed E-state index contributed by atoms with van der Waals surface area (Å²) in [5, 5.41) is 0. The number of Topliss-reactive ketones (excluding diaryl/α,β-unsaturated/α-hetero) is 1. The standard InChI is InChI=1S/C14H15F13O/c1-2-3-4-5-8(28)6-7-9(15,16)10(17,18)11(19,20)12(21,22)13(23,24)14(25,26)27/h2-7H2,1H3. The molecule has 0 unspecified atom stereocenters. The molecule has 0 aliphatic heterocycles. The van der Waals surface area contributed by atoms with Crippen LogP contribution in [0.15, 0.2) is 0 Å². The number of ketones is 1. The van der Waals surface area contributed by atoms with Gasteiger partial charge in [0.15, 0.2) is 0 Å². The Balaban J connectivity index is 5.65. The first-order valence-corrected chi connectivity index (χ1v) is 7.68. The first-order chi connectivity index (χ1) is 12.2. The number of hydrogen-bond donors (Lipinski definition) is 0. The van der Waals surface area contributed by atoms with Crippen LogP contribution in [-0.2, 0) is 4.79 Å². The molecule has 0 saturated heterocycles. The van der Waals surface area contributed by atoms with Crippen LogP contribution in [0.2, 0.25) is 0 Å². The highest BCUT2D eigenvalue weighted by atomic mass is 19.4. The van der Waals surface area contributed by atoms with Crippen LogP contribution in [-0.4, -0.2) is 41.6 Å². The molecule has 28 heavy (non-hydrogen) atoms. The van der Waals surface area contributed by atoms with Crippen molar-refractivity contribution in [3.63, 3.8) is 0 Å². The van der Waals surface area contributed by atoms with Crippen LogP contribution in [0.4, 0.5) is 57.1 Å². The fourth-order valence-corrected chi connectivity index (χ4v) is 1.95. The van der Waals surface area contributed by atoms with Crippen molar-refractivity contribution in [2.75, 3.05) is 0 Å². The van der Waals surface area contributed by atoms with E-state index in [1.165, 1.54) is 0 Å². The number of alkyl halides is 13. The number of halogens is 13. The zero-order chi connectivity index (χ0) is 22.8. The molecule has 0 rings (SSSR count). The highest BCUT2D eigenvalue weighted by Crippen LogP contribution is 2.60. The van der Waals surface area contributed by atoms with Crippen molar-refractivity contribution >= 4 is 5.78 Å². The van der Waals surface area contributed by atoms with E-state index in [4.69, 9.17) is 0 Å². The summed E-state index contributed by atoms with van der Waals surface area (Å²) in [7, 11) is 0. The molecule has 0 radical (unpaired) electrons. The molecule has 168 valence electrons. The Morgan fingerprint density at radius 3 is 1.43 bits per heavy atom. The van der Waals surface area contributed by atoms with E-state index in [0.29, 0.717) is 12.8 Å². The number of hydrogen-bond acceptors (Lipinski definition) is 1. The second-order valence-corrected chi connectivity index (χ2v) is 6.00. The van der Waals surface area contributed by atoms with Gasteiger partial charge >= 0.3 is 35.8 Å². The Kier molecular flexibility index (Phi) is 7.88. The van der Waals surface area contributed by atoms with Gasteiger partial charge in [-0.25, -0.2) is 0 Å². The Hall–Kier alpha value is -1.24.